The van der Waals surface area contributed by atoms with Gasteiger partial charge in [0.05, 0.1) is 30.0 Å². The van der Waals surface area contributed by atoms with Crippen LogP contribution in [0.15, 0.2) is 49.2 Å². The minimum absolute atomic E-state index is 0.00589. The number of ketones is 1. The van der Waals surface area contributed by atoms with Crippen LogP contribution < -0.4 is 0 Å². The maximum atomic E-state index is 13.0. The lowest BCUT2D eigenvalue weighted by Crippen LogP contribution is -2.31. The van der Waals surface area contributed by atoms with Crippen LogP contribution in [0.4, 0.5) is 0 Å². The third kappa shape index (κ3) is 1.67. The number of rotatable bonds is 1. The van der Waals surface area contributed by atoms with Crippen LogP contribution in [0.5, 0.6) is 0 Å². The van der Waals surface area contributed by atoms with Crippen molar-refractivity contribution in [3.63, 3.8) is 0 Å². The van der Waals surface area contributed by atoms with E-state index in [0.717, 1.165) is 24.2 Å². The Morgan fingerprint density at radius 3 is 2.96 bits per heavy atom. The average Bonchev–Trinajstić information content (AvgIpc) is 3.17. The minimum atomic E-state index is -0.115. The SMILES string of the molecule is O=C1c2nccnc2CCC1C1c2ccccc2-c2cncn21. The summed E-state index contributed by atoms with van der Waals surface area (Å²) in [4.78, 5) is 25.9. The van der Waals surface area contributed by atoms with Crippen LogP contribution >= 0.6 is 0 Å². The first-order chi connectivity index (χ1) is 11.3. The van der Waals surface area contributed by atoms with Crippen LogP contribution in [0, 0.1) is 5.92 Å². The first kappa shape index (κ1) is 12.7. The van der Waals surface area contributed by atoms with Crippen molar-refractivity contribution >= 4 is 5.78 Å². The molecule has 0 saturated heterocycles. The van der Waals surface area contributed by atoms with E-state index in [1.54, 1.807) is 12.4 Å². The average molecular weight is 302 g/mol. The Balaban J connectivity index is 1.65. The zero-order valence-electron chi connectivity index (χ0n) is 12.4. The third-order valence-corrected chi connectivity index (χ3v) is 4.94. The summed E-state index contributed by atoms with van der Waals surface area (Å²) in [7, 11) is 0. The van der Waals surface area contributed by atoms with Crippen LogP contribution in [0.1, 0.15) is 34.2 Å². The summed E-state index contributed by atoms with van der Waals surface area (Å²) in [6, 6.07) is 8.29. The normalized spacial score (nSPS) is 21.7. The smallest absolute Gasteiger partial charge is 0.188 e. The van der Waals surface area contributed by atoms with Crippen molar-refractivity contribution in [1.29, 1.82) is 0 Å². The third-order valence-electron chi connectivity index (χ3n) is 4.94. The van der Waals surface area contributed by atoms with E-state index < -0.39 is 0 Å². The summed E-state index contributed by atoms with van der Waals surface area (Å²) in [5.41, 5.74) is 4.83. The Labute approximate surface area is 133 Å². The largest absolute Gasteiger partial charge is 0.322 e. The number of Topliss-reactive ketones (excluding diaryl/α,β-unsaturated/α-hetero) is 1. The second-order valence-electron chi connectivity index (χ2n) is 6.08. The van der Waals surface area contributed by atoms with Crippen LogP contribution in [0.25, 0.3) is 11.3 Å². The van der Waals surface area contributed by atoms with Crippen molar-refractivity contribution in [2.45, 2.75) is 18.9 Å². The van der Waals surface area contributed by atoms with Gasteiger partial charge in [-0.15, -0.1) is 0 Å². The van der Waals surface area contributed by atoms with Gasteiger partial charge in [-0.2, -0.15) is 0 Å². The number of hydrogen-bond acceptors (Lipinski definition) is 4. The fourth-order valence-electron chi connectivity index (χ4n) is 3.94. The highest BCUT2D eigenvalue weighted by molar-refractivity contribution is 5.99. The minimum Gasteiger partial charge on any atom is -0.322 e. The molecule has 23 heavy (non-hydrogen) atoms. The fraction of sp³-hybridized carbons (Fsp3) is 0.222. The molecule has 2 atom stereocenters. The number of fused-ring (bicyclic) bond motifs is 4. The van der Waals surface area contributed by atoms with Crippen molar-refractivity contribution in [2.75, 3.05) is 0 Å². The molecule has 5 rings (SSSR count). The van der Waals surface area contributed by atoms with E-state index in [9.17, 15) is 4.79 Å². The summed E-state index contributed by atoms with van der Waals surface area (Å²) in [6.45, 7) is 0. The lowest BCUT2D eigenvalue weighted by molar-refractivity contribution is 0.0864. The fourth-order valence-corrected chi connectivity index (χ4v) is 3.94. The highest BCUT2D eigenvalue weighted by Gasteiger charge is 2.41. The van der Waals surface area contributed by atoms with Gasteiger partial charge in [-0.05, 0) is 18.4 Å². The number of benzene rings is 1. The van der Waals surface area contributed by atoms with E-state index in [0.29, 0.717) is 5.69 Å². The highest BCUT2D eigenvalue weighted by Crippen LogP contribution is 2.45. The Morgan fingerprint density at radius 1 is 1.13 bits per heavy atom. The topological polar surface area (TPSA) is 60.7 Å². The summed E-state index contributed by atoms with van der Waals surface area (Å²) in [5, 5.41) is 0. The Morgan fingerprint density at radius 2 is 2.00 bits per heavy atom. The number of aryl methyl sites for hydroxylation is 1. The monoisotopic (exact) mass is 302 g/mol. The highest BCUT2D eigenvalue weighted by atomic mass is 16.1. The van der Waals surface area contributed by atoms with Gasteiger partial charge in [0.15, 0.2) is 5.78 Å². The van der Waals surface area contributed by atoms with E-state index in [4.69, 9.17) is 0 Å². The van der Waals surface area contributed by atoms with Gasteiger partial charge < -0.3 is 4.57 Å². The maximum absolute atomic E-state index is 13.0. The van der Waals surface area contributed by atoms with Gasteiger partial charge in [0, 0.05) is 23.9 Å². The van der Waals surface area contributed by atoms with Crippen LogP contribution in [0.2, 0.25) is 0 Å². The molecule has 0 fully saturated rings. The molecule has 1 aliphatic heterocycles. The van der Waals surface area contributed by atoms with Crippen molar-refractivity contribution in [3.05, 3.63) is 66.1 Å². The quantitative estimate of drug-likeness (QED) is 0.693. The van der Waals surface area contributed by atoms with E-state index in [-0.39, 0.29) is 17.7 Å². The molecule has 2 aromatic heterocycles. The maximum Gasteiger partial charge on any atom is 0.188 e. The molecule has 0 bridgehead atoms. The van der Waals surface area contributed by atoms with E-state index in [1.807, 2.05) is 24.7 Å². The molecule has 3 heterocycles. The zero-order chi connectivity index (χ0) is 15.4. The molecule has 0 N–H and O–H groups in total. The number of carbonyl (C=O) groups is 1. The summed E-state index contributed by atoms with van der Waals surface area (Å²) in [5.74, 6) is -0.0171. The molecule has 3 aromatic rings. The number of aromatic nitrogens is 4. The van der Waals surface area contributed by atoms with Gasteiger partial charge in [-0.1, -0.05) is 24.3 Å². The molecule has 0 saturated carbocycles. The Bertz CT molecular complexity index is 930. The van der Waals surface area contributed by atoms with Gasteiger partial charge in [0.25, 0.3) is 0 Å². The first-order valence-electron chi connectivity index (χ1n) is 7.80. The number of hydrogen-bond donors (Lipinski definition) is 0. The molecule has 5 nitrogen and oxygen atoms in total. The van der Waals surface area contributed by atoms with Crippen molar-refractivity contribution in [3.8, 4) is 11.3 Å². The van der Waals surface area contributed by atoms with Gasteiger partial charge in [0.1, 0.15) is 5.69 Å². The lowest BCUT2D eigenvalue weighted by atomic mass is 9.80. The molecule has 2 unspecified atom stereocenters. The predicted molar refractivity (Wildman–Crippen MR) is 84.0 cm³/mol. The van der Waals surface area contributed by atoms with E-state index in [1.165, 1.54) is 11.1 Å². The molecule has 5 heteroatoms. The summed E-state index contributed by atoms with van der Waals surface area (Å²) in [6.07, 6.45) is 8.55. The predicted octanol–water partition coefficient (Wildman–Crippen LogP) is 2.69. The Hall–Kier alpha value is -2.82. The number of imidazole rings is 1. The zero-order valence-corrected chi connectivity index (χ0v) is 12.4. The molecule has 1 aromatic carbocycles. The molecule has 2 aliphatic rings. The lowest BCUT2D eigenvalue weighted by Gasteiger charge is -2.28. The molecule has 0 amide bonds. The van der Waals surface area contributed by atoms with Crippen LogP contribution in [-0.2, 0) is 6.42 Å². The van der Waals surface area contributed by atoms with Crippen molar-refractivity contribution in [1.82, 2.24) is 19.5 Å². The molecule has 1 aliphatic carbocycles. The van der Waals surface area contributed by atoms with Gasteiger partial charge in [0.2, 0.25) is 0 Å². The molecule has 112 valence electrons. The molecular formula is C18H14N4O. The second kappa shape index (κ2) is 4.59. The molecule has 0 radical (unpaired) electrons. The van der Waals surface area contributed by atoms with Crippen molar-refractivity contribution < 1.29 is 4.79 Å². The first-order valence-corrected chi connectivity index (χ1v) is 7.80. The Kier molecular flexibility index (Phi) is 2.53. The van der Waals surface area contributed by atoms with Crippen LogP contribution in [-0.4, -0.2) is 25.3 Å². The molecular weight excluding hydrogens is 288 g/mol. The van der Waals surface area contributed by atoms with E-state index >= 15 is 0 Å². The second-order valence-corrected chi connectivity index (χ2v) is 6.08. The standard InChI is InChI=1S/C18H14N4O/c23-18-13(5-6-14-16(18)21-8-7-20-14)17-12-4-2-1-3-11(12)15-9-19-10-22(15)17/h1-4,7-10,13,17H,5-6H2. The summed E-state index contributed by atoms with van der Waals surface area (Å²) >= 11 is 0. The van der Waals surface area contributed by atoms with Crippen LogP contribution in [0.3, 0.4) is 0 Å². The van der Waals surface area contributed by atoms with Gasteiger partial charge in [-0.25, -0.2) is 9.97 Å². The summed E-state index contributed by atoms with van der Waals surface area (Å²) < 4.78 is 2.13. The molecule has 0 spiro atoms. The van der Waals surface area contributed by atoms with E-state index in [2.05, 4.69) is 31.7 Å². The number of nitrogens with zero attached hydrogens (tertiary/aromatic N) is 4. The van der Waals surface area contributed by atoms with Crippen molar-refractivity contribution in [2.24, 2.45) is 5.92 Å². The van der Waals surface area contributed by atoms with Gasteiger partial charge >= 0.3 is 0 Å². The van der Waals surface area contributed by atoms with Gasteiger partial charge in [-0.3, -0.25) is 9.78 Å². The number of carbonyl (C=O) groups excluding carboxylic acids is 1.